The Bertz CT molecular complexity index is 582. The third-order valence-electron chi connectivity index (χ3n) is 3.10. The van der Waals surface area contributed by atoms with Gasteiger partial charge in [-0.3, -0.25) is 4.79 Å². The van der Waals surface area contributed by atoms with Crippen LogP contribution in [0.25, 0.3) is 0 Å². The standard InChI is InChI=1S/C14H22N2O3S/c1-4-5-6-12(15)14(17)16-13-9-11(20(3,18)19)8-7-10(13)2/h7-9,12H,4-6,15H2,1-3H3,(H,16,17). The number of rotatable bonds is 6. The van der Waals surface area contributed by atoms with Crippen LogP contribution < -0.4 is 11.1 Å². The van der Waals surface area contributed by atoms with Crippen molar-refractivity contribution >= 4 is 21.4 Å². The van der Waals surface area contributed by atoms with Crippen molar-refractivity contribution in [2.24, 2.45) is 5.73 Å². The second kappa shape index (κ2) is 6.85. The van der Waals surface area contributed by atoms with E-state index in [9.17, 15) is 13.2 Å². The van der Waals surface area contributed by atoms with Crippen LogP contribution >= 0.6 is 0 Å². The van der Waals surface area contributed by atoms with Gasteiger partial charge in [0.05, 0.1) is 10.9 Å². The number of carbonyl (C=O) groups is 1. The first-order valence-electron chi connectivity index (χ1n) is 6.63. The molecule has 6 heteroatoms. The van der Waals surface area contributed by atoms with Gasteiger partial charge in [0.25, 0.3) is 0 Å². The second-order valence-corrected chi connectivity index (χ2v) is 7.00. The predicted octanol–water partition coefficient (Wildman–Crippen LogP) is 1.85. The first-order chi connectivity index (χ1) is 9.25. The van der Waals surface area contributed by atoms with Crippen molar-refractivity contribution < 1.29 is 13.2 Å². The molecule has 0 aliphatic carbocycles. The summed E-state index contributed by atoms with van der Waals surface area (Å²) < 4.78 is 23.0. The van der Waals surface area contributed by atoms with E-state index in [1.54, 1.807) is 13.0 Å². The number of unbranched alkanes of at least 4 members (excludes halogenated alkanes) is 1. The van der Waals surface area contributed by atoms with Gasteiger partial charge in [0, 0.05) is 11.9 Å². The monoisotopic (exact) mass is 298 g/mol. The van der Waals surface area contributed by atoms with E-state index in [0.717, 1.165) is 24.7 Å². The average molecular weight is 298 g/mol. The molecule has 0 bridgehead atoms. The van der Waals surface area contributed by atoms with E-state index in [1.807, 2.05) is 6.92 Å². The fraction of sp³-hybridized carbons (Fsp3) is 0.500. The predicted molar refractivity (Wildman–Crippen MR) is 80.4 cm³/mol. The Kier molecular flexibility index (Phi) is 5.71. The van der Waals surface area contributed by atoms with Gasteiger partial charge in [-0.2, -0.15) is 0 Å². The van der Waals surface area contributed by atoms with Gasteiger partial charge in [0.2, 0.25) is 5.91 Å². The third kappa shape index (κ3) is 4.61. The molecule has 1 rings (SSSR count). The van der Waals surface area contributed by atoms with Gasteiger partial charge in [-0.25, -0.2) is 8.42 Å². The lowest BCUT2D eigenvalue weighted by atomic mass is 10.1. The summed E-state index contributed by atoms with van der Waals surface area (Å²) in [6, 6.07) is 4.09. The first-order valence-corrected chi connectivity index (χ1v) is 8.52. The lowest BCUT2D eigenvalue weighted by Crippen LogP contribution is -2.35. The molecule has 0 heterocycles. The number of carbonyl (C=O) groups excluding carboxylic acids is 1. The maximum atomic E-state index is 11.9. The van der Waals surface area contributed by atoms with Crippen LogP contribution in [0.1, 0.15) is 31.7 Å². The van der Waals surface area contributed by atoms with E-state index in [4.69, 9.17) is 5.73 Å². The summed E-state index contributed by atoms with van der Waals surface area (Å²) in [7, 11) is -3.29. The fourth-order valence-corrected chi connectivity index (χ4v) is 2.39. The average Bonchev–Trinajstić information content (AvgIpc) is 2.37. The molecule has 3 N–H and O–H groups in total. The molecule has 1 amide bonds. The summed E-state index contributed by atoms with van der Waals surface area (Å²) in [6.07, 6.45) is 3.61. The van der Waals surface area contributed by atoms with E-state index in [2.05, 4.69) is 5.32 Å². The molecule has 0 fully saturated rings. The van der Waals surface area contributed by atoms with Gasteiger partial charge >= 0.3 is 0 Å². The molecule has 0 saturated heterocycles. The number of aryl methyl sites for hydroxylation is 1. The molecular formula is C14H22N2O3S. The highest BCUT2D eigenvalue weighted by atomic mass is 32.2. The highest BCUT2D eigenvalue weighted by molar-refractivity contribution is 7.90. The molecule has 20 heavy (non-hydrogen) atoms. The highest BCUT2D eigenvalue weighted by Gasteiger charge is 2.15. The van der Waals surface area contributed by atoms with Crippen molar-refractivity contribution in [2.45, 2.75) is 44.0 Å². The normalized spacial score (nSPS) is 13.0. The van der Waals surface area contributed by atoms with Crippen LogP contribution in [0.5, 0.6) is 0 Å². The quantitative estimate of drug-likeness (QED) is 0.839. The van der Waals surface area contributed by atoms with Crippen molar-refractivity contribution in [1.82, 2.24) is 0 Å². The Morgan fingerprint density at radius 1 is 1.40 bits per heavy atom. The smallest absolute Gasteiger partial charge is 0.241 e. The molecule has 0 saturated carbocycles. The number of sulfone groups is 1. The molecule has 1 aromatic rings. The minimum atomic E-state index is -3.29. The Balaban J connectivity index is 2.89. The van der Waals surface area contributed by atoms with Gasteiger partial charge in [-0.15, -0.1) is 0 Å². The summed E-state index contributed by atoms with van der Waals surface area (Å²) in [4.78, 5) is 12.1. The molecule has 112 valence electrons. The Hall–Kier alpha value is -1.40. The number of hydrogen-bond acceptors (Lipinski definition) is 4. The van der Waals surface area contributed by atoms with Crippen LogP contribution in [0.4, 0.5) is 5.69 Å². The van der Waals surface area contributed by atoms with E-state index < -0.39 is 15.9 Å². The van der Waals surface area contributed by atoms with Crippen molar-refractivity contribution in [3.63, 3.8) is 0 Å². The van der Waals surface area contributed by atoms with Crippen molar-refractivity contribution in [2.75, 3.05) is 11.6 Å². The Morgan fingerprint density at radius 2 is 2.05 bits per heavy atom. The number of nitrogens with one attached hydrogen (secondary N) is 1. The maximum absolute atomic E-state index is 11.9. The maximum Gasteiger partial charge on any atom is 0.241 e. The minimum Gasteiger partial charge on any atom is -0.324 e. The third-order valence-corrected chi connectivity index (χ3v) is 4.21. The molecule has 1 aromatic carbocycles. The molecule has 0 aliphatic rings. The van der Waals surface area contributed by atoms with Crippen LogP contribution in [0.2, 0.25) is 0 Å². The molecule has 5 nitrogen and oxygen atoms in total. The molecule has 0 aromatic heterocycles. The summed E-state index contributed by atoms with van der Waals surface area (Å²) >= 11 is 0. The summed E-state index contributed by atoms with van der Waals surface area (Å²) in [5, 5.41) is 2.70. The first kappa shape index (κ1) is 16.7. The van der Waals surface area contributed by atoms with Gasteiger partial charge in [-0.1, -0.05) is 25.8 Å². The number of nitrogens with two attached hydrogens (primary N) is 1. The second-order valence-electron chi connectivity index (χ2n) is 4.99. The Labute approximate surface area is 120 Å². The van der Waals surface area contributed by atoms with Gasteiger partial charge in [-0.05, 0) is 31.0 Å². The zero-order valence-electron chi connectivity index (χ0n) is 12.1. The van der Waals surface area contributed by atoms with E-state index in [-0.39, 0.29) is 10.8 Å². The van der Waals surface area contributed by atoms with Crippen LogP contribution in [0.3, 0.4) is 0 Å². The minimum absolute atomic E-state index is 0.181. The van der Waals surface area contributed by atoms with Gasteiger partial charge in [0.15, 0.2) is 9.84 Å². The lowest BCUT2D eigenvalue weighted by Gasteiger charge is -2.14. The number of anilines is 1. The molecule has 1 atom stereocenters. The number of amides is 1. The molecule has 0 spiro atoms. The summed E-state index contributed by atoms with van der Waals surface area (Å²) in [5.41, 5.74) is 7.08. The highest BCUT2D eigenvalue weighted by Crippen LogP contribution is 2.20. The molecule has 0 radical (unpaired) electrons. The van der Waals surface area contributed by atoms with E-state index in [0.29, 0.717) is 12.1 Å². The largest absolute Gasteiger partial charge is 0.324 e. The van der Waals surface area contributed by atoms with E-state index in [1.165, 1.54) is 12.1 Å². The number of benzene rings is 1. The van der Waals surface area contributed by atoms with Crippen molar-refractivity contribution in [1.29, 1.82) is 0 Å². The SMILES string of the molecule is CCCCC(N)C(=O)Nc1cc(S(C)(=O)=O)ccc1C. The molecule has 0 aliphatic heterocycles. The number of hydrogen-bond donors (Lipinski definition) is 2. The molecule has 1 unspecified atom stereocenters. The van der Waals surface area contributed by atoms with Crippen LogP contribution in [-0.2, 0) is 14.6 Å². The van der Waals surface area contributed by atoms with Crippen LogP contribution in [-0.4, -0.2) is 26.6 Å². The molecular weight excluding hydrogens is 276 g/mol. The van der Waals surface area contributed by atoms with Crippen LogP contribution in [0, 0.1) is 6.92 Å². The zero-order chi connectivity index (χ0) is 15.3. The summed E-state index contributed by atoms with van der Waals surface area (Å²) in [6.45, 7) is 3.84. The van der Waals surface area contributed by atoms with E-state index >= 15 is 0 Å². The lowest BCUT2D eigenvalue weighted by molar-refractivity contribution is -0.117. The Morgan fingerprint density at radius 3 is 2.60 bits per heavy atom. The van der Waals surface area contributed by atoms with Gasteiger partial charge in [0.1, 0.15) is 0 Å². The fourth-order valence-electron chi connectivity index (χ4n) is 1.75. The van der Waals surface area contributed by atoms with Crippen molar-refractivity contribution in [3.05, 3.63) is 23.8 Å². The topological polar surface area (TPSA) is 89.3 Å². The van der Waals surface area contributed by atoms with Gasteiger partial charge < -0.3 is 11.1 Å². The summed E-state index contributed by atoms with van der Waals surface area (Å²) in [5.74, 6) is -0.285. The van der Waals surface area contributed by atoms with Crippen LogP contribution in [0.15, 0.2) is 23.1 Å². The van der Waals surface area contributed by atoms with Crippen molar-refractivity contribution in [3.8, 4) is 0 Å². The zero-order valence-corrected chi connectivity index (χ0v) is 13.0.